The lowest BCUT2D eigenvalue weighted by atomic mass is 10.1. The third-order valence-electron chi connectivity index (χ3n) is 4.19. The van der Waals surface area contributed by atoms with E-state index >= 15 is 0 Å². The number of allylic oxidation sites excluding steroid dienone is 1. The summed E-state index contributed by atoms with van der Waals surface area (Å²) < 4.78 is 44.3. The zero-order chi connectivity index (χ0) is 24.3. The second-order valence-electron chi connectivity index (χ2n) is 6.76. The van der Waals surface area contributed by atoms with E-state index in [1.165, 1.54) is 29.1 Å². The smallest absolute Gasteiger partial charge is 0.405 e. The summed E-state index contributed by atoms with van der Waals surface area (Å²) in [7, 11) is 0. The van der Waals surface area contributed by atoms with Gasteiger partial charge < -0.3 is 15.4 Å². The Labute approximate surface area is 193 Å². The average Bonchev–Trinajstić information content (AvgIpc) is 3.27. The maximum Gasteiger partial charge on any atom is 0.405 e. The lowest BCUT2D eigenvalue weighted by molar-refractivity contribution is -0.123. The number of carbonyl (C=O) groups is 2. The molecule has 33 heavy (non-hydrogen) atoms. The summed E-state index contributed by atoms with van der Waals surface area (Å²) in [6.45, 7) is 4.99. The summed E-state index contributed by atoms with van der Waals surface area (Å²) in [5, 5.41) is 12.4. The first kappa shape index (κ1) is 26.2. The van der Waals surface area contributed by atoms with Gasteiger partial charge in [0.25, 0.3) is 11.8 Å². The van der Waals surface area contributed by atoms with E-state index in [-0.39, 0.29) is 29.5 Å². The zero-order valence-corrected chi connectivity index (χ0v) is 19.0. The number of nitrogens with one attached hydrogen (secondary N) is 2. The molecule has 0 radical (unpaired) electrons. The number of halogens is 3. The van der Waals surface area contributed by atoms with Crippen molar-refractivity contribution in [3.8, 4) is 11.4 Å². The van der Waals surface area contributed by atoms with Crippen LogP contribution in [0.2, 0.25) is 0 Å². The van der Waals surface area contributed by atoms with Gasteiger partial charge in [0.1, 0.15) is 18.0 Å². The van der Waals surface area contributed by atoms with E-state index < -0.39 is 18.6 Å². The zero-order valence-electron chi connectivity index (χ0n) is 18.2. The van der Waals surface area contributed by atoms with Gasteiger partial charge in [-0.15, -0.1) is 11.7 Å². The van der Waals surface area contributed by atoms with Crippen LogP contribution in [0.15, 0.2) is 37.1 Å². The van der Waals surface area contributed by atoms with Crippen LogP contribution in [-0.2, 0) is 0 Å². The lowest BCUT2D eigenvalue weighted by Gasteiger charge is -2.13. The molecule has 2 N–H and O–H groups in total. The van der Waals surface area contributed by atoms with Gasteiger partial charge in [0.15, 0.2) is 5.69 Å². The summed E-state index contributed by atoms with van der Waals surface area (Å²) >= 11 is 1.69. The number of nitrogens with zero attached hydrogens (tertiary/aromatic N) is 3. The number of benzene rings is 1. The first-order valence-electron chi connectivity index (χ1n) is 10.3. The number of unbranched alkanes of at least 4 members (excludes halogenated alkanes) is 1. The summed E-state index contributed by atoms with van der Waals surface area (Å²) in [5.74, 6) is 0.672. The minimum atomic E-state index is -4.52. The first-order valence-corrected chi connectivity index (χ1v) is 11.4. The van der Waals surface area contributed by atoms with Crippen LogP contribution in [0.1, 0.15) is 40.6 Å². The van der Waals surface area contributed by atoms with Gasteiger partial charge in [-0.2, -0.15) is 24.9 Å². The van der Waals surface area contributed by atoms with Crippen LogP contribution in [0.5, 0.6) is 5.75 Å². The van der Waals surface area contributed by atoms with E-state index in [1.807, 2.05) is 12.2 Å². The monoisotopic (exact) mass is 485 g/mol. The molecule has 0 aliphatic rings. The number of amides is 2. The van der Waals surface area contributed by atoms with E-state index in [4.69, 9.17) is 4.74 Å². The molecule has 0 spiro atoms. The van der Waals surface area contributed by atoms with Crippen molar-refractivity contribution in [1.82, 2.24) is 25.6 Å². The Bertz CT molecular complexity index is 949. The third kappa shape index (κ3) is 8.79. The quantitative estimate of drug-likeness (QED) is 0.333. The van der Waals surface area contributed by atoms with Crippen LogP contribution in [0.4, 0.5) is 13.2 Å². The summed E-state index contributed by atoms with van der Waals surface area (Å²) in [4.78, 5) is 24.4. The molecule has 0 aliphatic carbocycles. The lowest BCUT2D eigenvalue weighted by Crippen LogP contribution is -2.33. The normalized spacial score (nSPS) is 11.2. The predicted molar refractivity (Wildman–Crippen MR) is 120 cm³/mol. The minimum absolute atomic E-state index is 0.00627. The molecule has 1 heterocycles. The number of carbonyl (C=O) groups excluding carboxylic acids is 2. The van der Waals surface area contributed by atoms with Crippen molar-refractivity contribution in [1.29, 1.82) is 0 Å². The second kappa shape index (κ2) is 12.9. The maximum absolute atomic E-state index is 12.4. The molecule has 0 aliphatic heterocycles. The Morgan fingerprint density at radius 1 is 1.27 bits per heavy atom. The molecule has 0 bridgehead atoms. The first-order chi connectivity index (χ1) is 15.7. The number of hydrogen-bond acceptors (Lipinski definition) is 6. The Balaban J connectivity index is 2.20. The molecule has 0 unspecified atom stereocenters. The molecular formula is C21H26F3N5O3S. The molecule has 0 atom stereocenters. The molecule has 2 rings (SSSR count). The van der Waals surface area contributed by atoms with Gasteiger partial charge in [-0.3, -0.25) is 9.59 Å². The Morgan fingerprint density at radius 2 is 2.06 bits per heavy atom. The highest BCUT2D eigenvalue weighted by Gasteiger charge is 2.28. The standard InChI is InChI=1S/C21H26F3N5O3S/c1-3-5-6-10-32-18-12-15(19(30)26-14-21(22,23)24)7-8-17(18)29-13-16(27-28-29)20(31)25-9-11-33-4-2/h3,7-8,12-13H,1,4-6,9-11,14H2,2H3,(H,25,31)(H,26,30). The van der Waals surface area contributed by atoms with Crippen molar-refractivity contribution in [3.63, 3.8) is 0 Å². The fourth-order valence-corrected chi connectivity index (χ4v) is 3.14. The molecule has 180 valence electrons. The number of aromatic nitrogens is 3. The molecule has 1 aromatic heterocycles. The van der Waals surface area contributed by atoms with E-state index in [0.717, 1.165) is 11.5 Å². The SMILES string of the molecule is C=CCCCOc1cc(C(=O)NCC(F)(F)F)ccc1-n1cc(C(=O)NCCSCC)nn1. The molecule has 12 heteroatoms. The van der Waals surface area contributed by atoms with Crippen LogP contribution in [-0.4, -0.2) is 64.2 Å². The molecule has 0 saturated heterocycles. The van der Waals surface area contributed by atoms with Crippen LogP contribution in [0.25, 0.3) is 5.69 Å². The van der Waals surface area contributed by atoms with Gasteiger partial charge in [-0.05, 0) is 36.8 Å². The summed E-state index contributed by atoms with van der Waals surface area (Å²) in [6, 6.07) is 4.15. The predicted octanol–water partition coefficient (Wildman–Crippen LogP) is 3.39. The number of alkyl halides is 3. The molecule has 2 amide bonds. The molecular weight excluding hydrogens is 459 g/mol. The highest BCUT2D eigenvalue weighted by molar-refractivity contribution is 7.99. The Morgan fingerprint density at radius 3 is 2.76 bits per heavy atom. The number of ether oxygens (including phenoxy) is 1. The van der Waals surface area contributed by atoms with Crippen molar-refractivity contribution < 1.29 is 27.5 Å². The minimum Gasteiger partial charge on any atom is -0.491 e. The van der Waals surface area contributed by atoms with Gasteiger partial charge >= 0.3 is 6.18 Å². The molecule has 0 fully saturated rings. The van der Waals surface area contributed by atoms with Crippen LogP contribution in [0.3, 0.4) is 0 Å². The van der Waals surface area contributed by atoms with Gasteiger partial charge in [0.2, 0.25) is 0 Å². The van der Waals surface area contributed by atoms with Gasteiger partial charge in [-0.25, -0.2) is 4.68 Å². The summed E-state index contributed by atoms with van der Waals surface area (Å²) in [6.07, 6.45) is -0.0317. The highest BCUT2D eigenvalue weighted by Crippen LogP contribution is 2.25. The number of rotatable bonds is 13. The van der Waals surface area contributed by atoms with Crippen LogP contribution >= 0.6 is 11.8 Å². The largest absolute Gasteiger partial charge is 0.491 e. The summed E-state index contributed by atoms with van der Waals surface area (Å²) in [5.41, 5.74) is 0.475. The van der Waals surface area contributed by atoms with E-state index in [1.54, 1.807) is 17.8 Å². The van der Waals surface area contributed by atoms with Crippen molar-refractivity contribution in [2.45, 2.75) is 25.9 Å². The second-order valence-corrected chi connectivity index (χ2v) is 8.15. The number of hydrogen-bond donors (Lipinski definition) is 2. The number of thioether (sulfide) groups is 1. The maximum atomic E-state index is 12.4. The van der Waals surface area contributed by atoms with Crippen LogP contribution in [0, 0.1) is 0 Å². The highest BCUT2D eigenvalue weighted by atomic mass is 32.2. The van der Waals surface area contributed by atoms with E-state index in [0.29, 0.717) is 25.1 Å². The molecule has 2 aromatic rings. The molecule has 1 aromatic carbocycles. The molecule has 8 nitrogen and oxygen atoms in total. The fraction of sp³-hybridized carbons (Fsp3) is 0.429. The van der Waals surface area contributed by atoms with Crippen molar-refractivity contribution >= 4 is 23.6 Å². The van der Waals surface area contributed by atoms with Crippen molar-refractivity contribution in [2.24, 2.45) is 0 Å². The average molecular weight is 486 g/mol. The molecule has 0 saturated carbocycles. The van der Waals surface area contributed by atoms with Crippen molar-refractivity contribution in [2.75, 3.05) is 31.2 Å². The topological polar surface area (TPSA) is 98.1 Å². The third-order valence-corrected chi connectivity index (χ3v) is 5.09. The van der Waals surface area contributed by atoms with Crippen LogP contribution < -0.4 is 15.4 Å². The van der Waals surface area contributed by atoms with Gasteiger partial charge in [0, 0.05) is 17.9 Å². The Kier molecular flexibility index (Phi) is 10.2. The van der Waals surface area contributed by atoms with Gasteiger partial charge in [0.05, 0.1) is 12.8 Å². The fourth-order valence-electron chi connectivity index (χ4n) is 2.61. The van der Waals surface area contributed by atoms with E-state index in [9.17, 15) is 22.8 Å². The van der Waals surface area contributed by atoms with E-state index in [2.05, 4.69) is 22.2 Å². The Hall–Kier alpha value is -3.02. The van der Waals surface area contributed by atoms with Crippen molar-refractivity contribution in [3.05, 3.63) is 48.3 Å². The van der Waals surface area contributed by atoms with Gasteiger partial charge in [-0.1, -0.05) is 18.2 Å².